The number of rotatable bonds is 7. The topological polar surface area (TPSA) is 83.0 Å². The van der Waals surface area contributed by atoms with Gasteiger partial charge in [0.25, 0.3) is 0 Å². The quantitative estimate of drug-likeness (QED) is 0.595. The van der Waals surface area contributed by atoms with Crippen molar-refractivity contribution in [3.63, 3.8) is 0 Å². The second kappa shape index (κ2) is 9.52. The molecule has 0 saturated carbocycles. The summed E-state index contributed by atoms with van der Waals surface area (Å²) in [5.74, 6) is -0.177. The lowest BCUT2D eigenvalue weighted by Gasteiger charge is -2.13. The van der Waals surface area contributed by atoms with Crippen LogP contribution in [0.5, 0.6) is 0 Å². The van der Waals surface area contributed by atoms with Gasteiger partial charge >= 0.3 is 6.18 Å². The van der Waals surface area contributed by atoms with E-state index in [2.05, 4.69) is 25.6 Å². The number of hydrogen-bond acceptors (Lipinski definition) is 6. The molecular formula is C21H21F3N6O. The van der Waals surface area contributed by atoms with E-state index in [-0.39, 0.29) is 30.6 Å². The Bertz CT molecular complexity index is 1040. The fourth-order valence-electron chi connectivity index (χ4n) is 2.75. The number of anilines is 2. The second-order valence-corrected chi connectivity index (χ2v) is 7.04. The van der Waals surface area contributed by atoms with Crippen LogP contribution in [0.1, 0.15) is 11.3 Å². The monoisotopic (exact) mass is 430 g/mol. The minimum Gasteiger partial charge on any atom is -0.366 e. The highest BCUT2D eigenvalue weighted by molar-refractivity contribution is 5.92. The fraction of sp³-hybridized carbons (Fsp3) is 0.238. The maximum atomic E-state index is 13.3. The smallest absolute Gasteiger partial charge is 0.366 e. The van der Waals surface area contributed by atoms with Gasteiger partial charge in [0.15, 0.2) is 11.5 Å². The van der Waals surface area contributed by atoms with E-state index >= 15 is 0 Å². The third-order valence-corrected chi connectivity index (χ3v) is 4.10. The van der Waals surface area contributed by atoms with E-state index in [9.17, 15) is 18.0 Å². The zero-order valence-corrected chi connectivity index (χ0v) is 16.9. The van der Waals surface area contributed by atoms with E-state index < -0.39 is 11.9 Å². The molecule has 0 radical (unpaired) electrons. The molecule has 0 aliphatic rings. The van der Waals surface area contributed by atoms with E-state index in [0.29, 0.717) is 11.3 Å². The van der Waals surface area contributed by atoms with E-state index in [0.717, 1.165) is 11.6 Å². The van der Waals surface area contributed by atoms with Crippen LogP contribution in [0, 0.1) is 0 Å². The number of carbonyl (C=O) groups excluding carboxylic acids is 1. The summed E-state index contributed by atoms with van der Waals surface area (Å²) in [6.45, 7) is 0.447. The molecular weight excluding hydrogens is 409 g/mol. The molecule has 1 amide bonds. The van der Waals surface area contributed by atoms with Gasteiger partial charge in [-0.1, -0.05) is 12.1 Å². The molecule has 162 valence electrons. The highest BCUT2D eigenvalue weighted by Crippen LogP contribution is 2.30. The van der Waals surface area contributed by atoms with Crippen molar-refractivity contribution in [1.29, 1.82) is 0 Å². The normalized spacial score (nSPS) is 11.4. The summed E-state index contributed by atoms with van der Waals surface area (Å²) >= 11 is 0. The number of amides is 1. The van der Waals surface area contributed by atoms with Gasteiger partial charge in [0, 0.05) is 36.3 Å². The largest absolute Gasteiger partial charge is 0.433 e. The lowest BCUT2D eigenvalue weighted by atomic mass is 10.2. The molecule has 2 N–H and O–H groups in total. The molecule has 0 fully saturated rings. The average Bonchev–Trinajstić information content (AvgIpc) is 2.72. The van der Waals surface area contributed by atoms with Crippen LogP contribution in [-0.2, 0) is 17.5 Å². The maximum Gasteiger partial charge on any atom is 0.433 e. The highest BCUT2D eigenvalue weighted by atomic mass is 19.4. The minimum absolute atomic E-state index is 0.0381. The Morgan fingerprint density at radius 2 is 1.81 bits per heavy atom. The summed E-state index contributed by atoms with van der Waals surface area (Å²) in [4.78, 5) is 25.4. The van der Waals surface area contributed by atoms with Gasteiger partial charge in [0.1, 0.15) is 5.82 Å². The lowest BCUT2D eigenvalue weighted by Crippen LogP contribution is -2.27. The predicted molar refractivity (Wildman–Crippen MR) is 111 cm³/mol. The summed E-state index contributed by atoms with van der Waals surface area (Å²) in [5, 5.41) is 5.69. The molecule has 0 saturated heterocycles. The van der Waals surface area contributed by atoms with Gasteiger partial charge in [-0.2, -0.15) is 13.2 Å². The molecule has 0 unspecified atom stereocenters. The first-order valence-corrected chi connectivity index (χ1v) is 9.35. The zero-order valence-electron chi connectivity index (χ0n) is 16.9. The first-order valence-electron chi connectivity index (χ1n) is 9.35. The predicted octanol–water partition coefficient (Wildman–Crippen LogP) is 3.67. The van der Waals surface area contributed by atoms with Crippen LogP contribution in [0.3, 0.4) is 0 Å². The van der Waals surface area contributed by atoms with Crippen LogP contribution < -0.4 is 10.6 Å². The average molecular weight is 430 g/mol. The zero-order chi connectivity index (χ0) is 22.4. The van der Waals surface area contributed by atoms with Gasteiger partial charge < -0.3 is 15.5 Å². The molecule has 1 aromatic carbocycles. The van der Waals surface area contributed by atoms with Crippen molar-refractivity contribution in [3.05, 3.63) is 66.1 Å². The number of nitrogens with one attached hydrogen (secondary N) is 2. The molecule has 3 aromatic rings. The van der Waals surface area contributed by atoms with E-state index in [4.69, 9.17) is 0 Å². The standard InChI is InChI=1S/C21H21F3N6O/c1-30(2)13-19(31)27-16-5-3-4-14(10-16)12-26-18-11-17(21(22,23)24)28-20(29-18)15-6-8-25-9-7-15/h3-11H,12-13H2,1-2H3,(H,27,31)(H,26,28,29). The van der Waals surface area contributed by atoms with Crippen LogP contribution in [0.2, 0.25) is 0 Å². The molecule has 31 heavy (non-hydrogen) atoms. The van der Waals surface area contributed by atoms with Gasteiger partial charge in [-0.25, -0.2) is 9.97 Å². The number of carbonyl (C=O) groups is 1. The van der Waals surface area contributed by atoms with Crippen LogP contribution in [0.25, 0.3) is 11.4 Å². The van der Waals surface area contributed by atoms with Gasteiger partial charge in [-0.05, 0) is 43.9 Å². The number of pyridine rings is 1. The number of hydrogen-bond donors (Lipinski definition) is 2. The van der Waals surface area contributed by atoms with Crippen molar-refractivity contribution in [1.82, 2.24) is 19.9 Å². The Hall–Kier alpha value is -3.53. The second-order valence-electron chi connectivity index (χ2n) is 7.04. The Morgan fingerprint density at radius 1 is 1.06 bits per heavy atom. The van der Waals surface area contributed by atoms with Gasteiger partial charge in [0.2, 0.25) is 5.91 Å². The third-order valence-electron chi connectivity index (χ3n) is 4.10. The van der Waals surface area contributed by atoms with Crippen molar-refractivity contribution in [2.24, 2.45) is 0 Å². The number of halogens is 3. The van der Waals surface area contributed by atoms with E-state index in [1.807, 2.05) is 0 Å². The number of nitrogens with zero attached hydrogens (tertiary/aromatic N) is 4. The van der Waals surface area contributed by atoms with Crippen molar-refractivity contribution in [2.75, 3.05) is 31.3 Å². The molecule has 2 heterocycles. The Balaban J connectivity index is 1.78. The maximum absolute atomic E-state index is 13.3. The van der Waals surface area contributed by atoms with Gasteiger partial charge in [-0.3, -0.25) is 9.78 Å². The molecule has 7 nitrogen and oxygen atoms in total. The van der Waals surface area contributed by atoms with E-state index in [1.165, 1.54) is 12.4 Å². The SMILES string of the molecule is CN(C)CC(=O)Nc1cccc(CNc2cc(C(F)(F)F)nc(-c3ccncc3)n2)c1. The highest BCUT2D eigenvalue weighted by Gasteiger charge is 2.33. The Kier molecular flexibility index (Phi) is 6.81. The lowest BCUT2D eigenvalue weighted by molar-refractivity contribution is -0.141. The number of benzene rings is 1. The molecule has 10 heteroatoms. The van der Waals surface area contributed by atoms with Gasteiger partial charge in [-0.15, -0.1) is 0 Å². The summed E-state index contributed by atoms with van der Waals surface area (Å²) in [6, 6.07) is 11.0. The fourth-order valence-corrected chi connectivity index (χ4v) is 2.75. The van der Waals surface area contributed by atoms with Crippen LogP contribution in [-0.4, -0.2) is 46.4 Å². The molecule has 0 atom stereocenters. The first-order chi connectivity index (χ1) is 14.7. The molecule has 3 rings (SSSR count). The van der Waals surface area contributed by atoms with E-state index in [1.54, 1.807) is 55.4 Å². The van der Waals surface area contributed by atoms with Gasteiger partial charge in [0.05, 0.1) is 6.54 Å². The third kappa shape index (κ3) is 6.48. The summed E-state index contributed by atoms with van der Waals surface area (Å²) in [6.07, 6.45) is -1.69. The minimum atomic E-state index is -4.61. The molecule has 0 aliphatic heterocycles. The summed E-state index contributed by atoms with van der Waals surface area (Å²) < 4.78 is 40.0. The molecule has 0 spiro atoms. The van der Waals surface area contributed by atoms with Crippen molar-refractivity contribution >= 4 is 17.4 Å². The van der Waals surface area contributed by atoms with Crippen molar-refractivity contribution < 1.29 is 18.0 Å². The van der Waals surface area contributed by atoms with Crippen LogP contribution in [0.4, 0.5) is 24.7 Å². The first kappa shape index (κ1) is 22.2. The summed E-state index contributed by atoms with van der Waals surface area (Å²) in [5.41, 5.74) is 0.749. The molecule has 2 aromatic heterocycles. The number of alkyl halides is 3. The number of aromatic nitrogens is 3. The Labute approximate surface area is 177 Å². The van der Waals surface area contributed by atoms with Crippen molar-refractivity contribution in [3.8, 4) is 11.4 Å². The Morgan fingerprint density at radius 3 is 2.48 bits per heavy atom. The molecule has 0 aliphatic carbocycles. The summed E-state index contributed by atoms with van der Waals surface area (Å²) in [7, 11) is 3.58. The van der Waals surface area contributed by atoms with Crippen LogP contribution >= 0.6 is 0 Å². The van der Waals surface area contributed by atoms with Crippen LogP contribution in [0.15, 0.2) is 54.9 Å². The number of likely N-dealkylation sites (N-methyl/N-ethyl adjacent to an activating group) is 1. The van der Waals surface area contributed by atoms with Crippen molar-refractivity contribution in [2.45, 2.75) is 12.7 Å². The molecule has 0 bridgehead atoms.